The predicted molar refractivity (Wildman–Crippen MR) is 105 cm³/mol. The van der Waals surface area contributed by atoms with Gasteiger partial charge in [-0.1, -0.05) is 44.2 Å². The third-order valence-corrected chi connectivity index (χ3v) is 4.64. The SMILES string of the molecule is CC(C)CNC(=O)c1cncc(N2CCN(Cc3ccccc3)CC2)c1. The van der Waals surface area contributed by atoms with E-state index in [1.807, 2.05) is 12.3 Å². The van der Waals surface area contributed by atoms with Gasteiger partial charge in [-0.25, -0.2) is 0 Å². The molecule has 0 radical (unpaired) electrons. The quantitative estimate of drug-likeness (QED) is 0.868. The number of benzene rings is 1. The van der Waals surface area contributed by atoms with Gasteiger partial charge in [-0.2, -0.15) is 0 Å². The van der Waals surface area contributed by atoms with E-state index in [1.54, 1.807) is 6.20 Å². The first-order valence-corrected chi connectivity index (χ1v) is 9.36. The highest BCUT2D eigenvalue weighted by Gasteiger charge is 2.18. The second-order valence-electron chi connectivity index (χ2n) is 7.28. The molecule has 1 aliphatic heterocycles. The lowest BCUT2D eigenvalue weighted by Crippen LogP contribution is -2.46. The molecule has 1 N–H and O–H groups in total. The topological polar surface area (TPSA) is 48.5 Å². The fourth-order valence-corrected chi connectivity index (χ4v) is 3.13. The molecule has 0 atom stereocenters. The molecule has 1 aromatic heterocycles. The van der Waals surface area contributed by atoms with Crippen LogP contribution in [0.3, 0.4) is 0 Å². The minimum absolute atomic E-state index is 0.0456. The van der Waals surface area contributed by atoms with Gasteiger partial charge in [0.2, 0.25) is 0 Å². The average Bonchev–Trinajstić information content (AvgIpc) is 2.67. The van der Waals surface area contributed by atoms with E-state index >= 15 is 0 Å². The Morgan fingerprint density at radius 2 is 1.85 bits per heavy atom. The van der Waals surface area contributed by atoms with Crippen LogP contribution in [0.2, 0.25) is 0 Å². The fraction of sp³-hybridized carbons (Fsp3) is 0.429. The Labute approximate surface area is 156 Å². The maximum Gasteiger partial charge on any atom is 0.252 e. The molecule has 1 aliphatic rings. The van der Waals surface area contributed by atoms with Crippen molar-refractivity contribution in [1.29, 1.82) is 0 Å². The number of amides is 1. The number of hydrogen-bond donors (Lipinski definition) is 1. The molecular formula is C21H28N4O. The second kappa shape index (κ2) is 8.81. The Morgan fingerprint density at radius 3 is 2.54 bits per heavy atom. The summed E-state index contributed by atoms with van der Waals surface area (Å²) < 4.78 is 0. The van der Waals surface area contributed by atoms with Crippen LogP contribution in [0.25, 0.3) is 0 Å². The number of nitrogens with one attached hydrogen (secondary N) is 1. The number of rotatable bonds is 6. The minimum atomic E-state index is -0.0456. The molecule has 1 saturated heterocycles. The highest BCUT2D eigenvalue weighted by atomic mass is 16.1. The lowest BCUT2D eigenvalue weighted by Gasteiger charge is -2.36. The van der Waals surface area contributed by atoms with E-state index in [-0.39, 0.29) is 5.91 Å². The normalized spacial score (nSPS) is 15.3. The molecule has 0 bridgehead atoms. The van der Waals surface area contributed by atoms with Crippen molar-refractivity contribution in [3.8, 4) is 0 Å². The van der Waals surface area contributed by atoms with Crippen molar-refractivity contribution in [2.24, 2.45) is 5.92 Å². The van der Waals surface area contributed by atoms with Crippen molar-refractivity contribution in [3.05, 3.63) is 59.9 Å². The monoisotopic (exact) mass is 352 g/mol. The summed E-state index contributed by atoms with van der Waals surface area (Å²) in [5.41, 5.74) is 3.02. The van der Waals surface area contributed by atoms with Crippen LogP contribution < -0.4 is 10.2 Å². The van der Waals surface area contributed by atoms with Crippen LogP contribution in [0.4, 0.5) is 5.69 Å². The average molecular weight is 352 g/mol. The number of piperazine rings is 1. The van der Waals surface area contributed by atoms with Gasteiger partial charge in [-0.15, -0.1) is 0 Å². The summed E-state index contributed by atoms with van der Waals surface area (Å²) in [6, 6.07) is 12.5. The summed E-state index contributed by atoms with van der Waals surface area (Å²) >= 11 is 0. The molecule has 5 nitrogen and oxygen atoms in total. The smallest absolute Gasteiger partial charge is 0.252 e. The Kier molecular flexibility index (Phi) is 6.23. The van der Waals surface area contributed by atoms with Gasteiger partial charge >= 0.3 is 0 Å². The minimum Gasteiger partial charge on any atom is -0.368 e. The first kappa shape index (κ1) is 18.4. The molecule has 1 fully saturated rings. The molecule has 138 valence electrons. The Hall–Kier alpha value is -2.40. The number of aromatic nitrogens is 1. The van der Waals surface area contributed by atoms with Gasteiger partial charge in [0.25, 0.3) is 5.91 Å². The Balaban J connectivity index is 1.56. The first-order chi connectivity index (χ1) is 12.6. The Morgan fingerprint density at radius 1 is 1.12 bits per heavy atom. The lowest BCUT2D eigenvalue weighted by molar-refractivity contribution is 0.0948. The highest BCUT2D eigenvalue weighted by molar-refractivity contribution is 5.94. The summed E-state index contributed by atoms with van der Waals surface area (Å²) in [4.78, 5) is 21.3. The molecule has 0 spiro atoms. The summed E-state index contributed by atoms with van der Waals surface area (Å²) in [6.45, 7) is 9.77. The summed E-state index contributed by atoms with van der Waals surface area (Å²) in [5, 5.41) is 2.96. The van der Waals surface area contributed by atoms with Crippen LogP contribution in [0.5, 0.6) is 0 Å². The molecular weight excluding hydrogens is 324 g/mol. The van der Waals surface area contributed by atoms with Gasteiger partial charge in [0, 0.05) is 45.5 Å². The van der Waals surface area contributed by atoms with E-state index in [9.17, 15) is 4.79 Å². The van der Waals surface area contributed by atoms with E-state index < -0.39 is 0 Å². The van der Waals surface area contributed by atoms with Gasteiger partial charge < -0.3 is 10.2 Å². The van der Waals surface area contributed by atoms with Crippen molar-refractivity contribution in [3.63, 3.8) is 0 Å². The lowest BCUT2D eigenvalue weighted by atomic mass is 10.1. The van der Waals surface area contributed by atoms with Crippen molar-refractivity contribution in [1.82, 2.24) is 15.2 Å². The zero-order chi connectivity index (χ0) is 18.4. The van der Waals surface area contributed by atoms with Crippen molar-refractivity contribution < 1.29 is 4.79 Å². The van der Waals surface area contributed by atoms with Crippen LogP contribution in [0.15, 0.2) is 48.8 Å². The van der Waals surface area contributed by atoms with Gasteiger partial charge in [0.15, 0.2) is 0 Å². The number of pyridine rings is 1. The molecule has 2 aromatic rings. The van der Waals surface area contributed by atoms with Gasteiger partial charge in [-0.05, 0) is 17.5 Å². The highest BCUT2D eigenvalue weighted by Crippen LogP contribution is 2.18. The third-order valence-electron chi connectivity index (χ3n) is 4.64. The number of hydrogen-bond acceptors (Lipinski definition) is 4. The number of carbonyl (C=O) groups excluding carboxylic acids is 1. The molecule has 2 heterocycles. The van der Waals surface area contributed by atoms with E-state index in [2.05, 4.69) is 64.3 Å². The molecule has 0 unspecified atom stereocenters. The van der Waals surface area contributed by atoms with Gasteiger partial charge in [0.05, 0.1) is 17.4 Å². The Bertz CT molecular complexity index is 709. The largest absolute Gasteiger partial charge is 0.368 e. The summed E-state index contributed by atoms with van der Waals surface area (Å²) in [5.74, 6) is 0.392. The van der Waals surface area contributed by atoms with Crippen molar-refractivity contribution in [2.75, 3.05) is 37.6 Å². The van der Waals surface area contributed by atoms with Crippen LogP contribution >= 0.6 is 0 Å². The molecule has 0 aliphatic carbocycles. The van der Waals surface area contributed by atoms with E-state index in [4.69, 9.17) is 0 Å². The standard InChI is InChI=1S/C21H28N4O/c1-17(2)13-23-21(26)19-12-20(15-22-14-19)25-10-8-24(9-11-25)16-18-6-4-3-5-7-18/h3-7,12,14-15,17H,8-11,13,16H2,1-2H3,(H,23,26). The van der Waals surface area contributed by atoms with Crippen LogP contribution in [-0.4, -0.2) is 48.5 Å². The number of nitrogens with zero attached hydrogens (tertiary/aromatic N) is 3. The van der Waals surface area contributed by atoms with Gasteiger partial charge in [-0.3, -0.25) is 14.7 Å². The first-order valence-electron chi connectivity index (χ1n) is 9.36. The maximum absolute atomic E-state index is 12.3. The molecule has 26 heavy (non-hydrogen) atoms. The predicted octanol–water partition coefficient (Wildman–Crippen LogP) is 2.79. The molecule has 0 saturated carbocycles. The second-order valence-corrected chi connectivity index (χ2v) is 7.28. The van der Waals surface area contributed by atoms with Crippen LogP contribution in [-0.2, 0) is 6.54 Å². The van der Waals surface area contributed by atoms with Gasteiger partial charge in [0.1, 0.15) is 0 Å². The van der Waals surface area contributed by atoms with E-state index in [0.717, 1.165) is 38.4 Å². The fourth-order valence-electron chi connectivity index (χ4n) is 3.13. The number of carbonyl (C=O) groups is 1. The zero-order valence-electron chi connectivity index (χ0n) is 15.7. The number of anilines is 1. The third kappa shape index (κ3) is 5.05. The summed E-state index contributed by atoms with van der Waals surface area (Å²) in [7, 11) is 0. The maximum atomic E-state index is 12.3. The van der Waals surface area contributed by atoms with E-state index in [0.29, 0.717) is 18.0 Å². The molecule has 3 rings (SSSR count). The van der Waals surface area contributed by atoms with Crippen molar-refractivity contribution >= 4 is 11.6 Å². The van der Waals surface area contributed by atoms with Crippen molar-refractivity contribution in [2.45, 2.75) is 20.4 Å². The summed E-state index contributed by atoms with van der Waals surface area (Å²) in [6.07, 6.45) is 3.50. The van der Waals surface area contributed by atoms with E-state index in [1.165, 1.54) is 5.56 Å². The molecule has 1 amide bonds. The van der Waals surface area contributed by atoms with Crippen LogP contribution in [0, 0.1) is 5.92 Å². The molecule has 1 aromatic carbocycles. The zero-order valence-corrected chi connectivity index (χ0v) is 15.7. The van der Waals surface area contributed by atoms with Crippen LogP contribution in [0.1, 0.15) is 29.8 Å². The molecule has 5 heteroatoms.